The molecule has 0 aliphatic rings. The highest BCUT2D eigenvalue weighted by Gasteiger charge is 2.18. The van der Waals surface area contributed by atoms with Crippen LogP contribution in [0.4, 0.5) is 0 Å². The molecular formula is C16H20N2O2S. The maximum Gasteiger partial charge on any atom is 0.303 e. The van der Waals surface area contributed by atoms with Crippen molar-refractivity contribution in [3.63, 3.8) is 0 Å². The van der Waals surface area contributed by atoms with E-state index in [1.165, 1.54) is 0 Å². The molecule has 1 aromatic heterocycles. The molecular weight excluding hydrogens is 284 g/mol. The number of imidazole rings is 1. The molecule has 0 atom stereocenters. The van der Waals surface area contributed by atoms with Gasteiger partial charge in [-0.1, -0.05) is 43.8 Å². The first-order valence-electron chi connectivity index (χ1n) is 6.99. The molecule has 1 heterocycles. The average molecular weight is 304 g/mol. The van der Waals surface area contributed by atoms with Gasteiger partial charge in [0.25, 0.3) is 0 Å². The first-order valence-corrected chi connectivity index (χ1v) is 7.81. The van der Waals surface area contributed by atoms with Gasteiger partial charge in [0.15, 0.2) is 0 Å². The quantitative estimate of drug-likeness (QED) is 0.884. The third-order valence-corrected chi connectivity index (χ3v) is 4.41. The molecule has 112 valence electrons. The average Bonchev–Trinajstić information content (AvgIpc) is 2.75. The van der Waals surface area contributed by atoms with E-state index in [0.29, 0.717) is 12.3 Å². The Hall–Kier alpha value is -1.75. The molecule has 0 saturated carbocycles. The van der Waals surface area contributed by atoms with Gasteiger partial charge in [0.2, 0.25) is 0 Å². The minimum Gasteiger partial charge on any atom is -0.481 e. The van der Waals surface area contributed by atoms with Gasteiger partial charge in [-0.25, -0.2) is 4.98 Å². The molecule has 0 aliphatic carbocycles. The molecule has 0 radical (unpaired) electrons. The zero-order valence-corrected chi connectivity index (χ0v) is 13.4. The first-order chi connectivity index (χ1) is 9.99. The summed E-state index contributed by atoms with van der Waals surface area (Å²) >= 11 is 1.68. The largest absolute Gasteiger partial charge is 0.481 e. The summed E-state index contributed by atoms with van der Waals surface area (Å²) in [5.74, 6) is 0.349. The smallest absolute Gasteiger partial charge is 0.303 e. The second-order valence-electron chi connectivity index (χ2n) is 5.24. The van der Waals surface area contributed by atoms with Crippen molar-refractivity contribution < 1.29 is 9.90 Å². The second kappa shape index (κ2) is 6.80. The summed E-state index contributed by atoms with van der Waals surface area (Å²) in [5.41, 5.74) is 1.03. The van der Waals surface area contributed by atoms with Gasteiger partial charge in [0.1, 0.15) is 10.9 Å². The fourth-order valence-corrected chi connectivity index (χ4v) is 3.23. The zero-order valence-electron chi connectivity index (χ0n) is 12.5. The number of hydrogen-bond acceptors (Lipinski definition) is 3. The van der Waals surface area contributed by atoms with Crippen LogP contribution in [-0.2, 0) is 18.3 Å². The maximum absolute atomic E-state index is 10.8. The third-order valence-electron chi connectivity index (χ3n) is 3.23. The predicted octanol–water partition coefficient (Wildman–Crippen LogP) is 3.71. The van der Waals surface area contributed by atoms with E-state index in [4.69, 9.17) is 5.11 Å². The van der Waals surface area contributed by atoms with Crippen LogP contribution in [0.15, 0.2) is 40.3 Å². The molecule has 1 N–H and O–H groups in total. The van der Waals surface area contributed by atoms with E-state index in [9.17, 15) is 4.79 Å². The number of rotatable bonds is 6. The number of nitrogens with zero attached hydrogens (tertiary/aromatic N) is 2. The Balaban J connectivity index is 2.31. The van der Waals surface area contributed by atoms with E-state index < -0.39 is 5.97 Å². The first kappa shape index (κ1) is 15.6. The fourth-order valence-electron chi connectivity index (χ4n) is 2.09. The topological polar surface area (TPSA) is 55.1 Å². The van der Waals surface area contributed by atoms with Gasteiger partial charge in [-0.05, 0) is 18.1 Å². The molecule has 0 fully saturated rings. The van der Waals surface area contributed by atoms with Crippen molar-refractivity contribution in [1.82, 2.24) is 9.55 Å². The van der Waals surface area contributed by atoms with Crippen LogP contribution in [0.3, 0.4) is 0 Å². The standard InChI is InChI=1S/C16H20N2O2S/c1-11(2)15-16(21-12-7-5-4-6-8-12)18(3)13(17-15)9-10-14(19)20/h4-8,11H,9-10H2,1-3H3,(H,19,20). The summed E-state index contributed by atoms with van der Waals surface area (Å²) < 4.78 is 2.02. The lowest BCUT2D eigenvalue weighted by Crippen LogP contribution is -2.03. The summed E-state index contributed by atoms with van der Waals surface area (Å²) in [7, 11) is 1.96. The monoisotopic (exact) mass is 304 g/mol. The van der Waals surface area contributed by atoms with Crippen molar-refractivity contribution >= 4 is 17.7 Å². The van der Waals surface area contributed by atoms with Crippen LogP contribution in [0.2, 0.25) is 0 Å². The molecule has 0 unspecified atom stereocenters. The molecule has 1 aromatic carbocycles. The van der Waals surface area contributed by atoms with E-state index in [1.54, 1.807) is 11.8 Å². The lowest BCUT2D eigenvalue weighted by atomic mass is 10.1. The van der Waals surface area contributed by atoms with Crippen LogP contribution in [0, 0.1) is 0 Å². The Bertz CT molecular complexity index is 621. The molecule has 2 rings (SSSR count). The molecule has 21 heavy (non-hydrogen) atoms. The van der Waals surface area contributed by atoms with Crippen molar-refractivity contribution in [2.45, 2.75) is 42.5 Å². The number of aryl methyl sites for hydroxylation is 1. The molecule has 0 saturated heterocycles. The molecule has 5 heteroatoms. The SMILES string of the molecule is CC(C)c1nc(CCC(=O)O)n(C)c1Sc1ccccc1. The van der Waals surface area contributed by atoms with Gasteiger partial charge in [0.05, 0.1) is 12.1 Å². The number of carboxylic acid groups (broad SMARTS) is 1. The fraction of sp³-hybridized carbons (Fsp3) is 0.375. The zero-order chi connectivity index (χ0) is 15.4. The molecule has 4 nitrogen and oxygen atoms in total. The lowest BCUT2D eigenvalue weighted by molar-refractivity contribution is -0.137. The molecule has 2 aromatic rings. The summed E-state index contributed by atoms with van der Waals surface area (Å²) in [5, 5.41) is 9.94. The Morgan fingerprint density at radius 3 is 2.57 bits per heavy atom. The molecule has 0 bridgehead atoms. The van der Waals surface area contributed by atoms with Crippen molar-refractivity contribution in [3.05, 3.63) is 41.9 Å². The van der Waals surface area contributed by atoms with Crippen molar-refractivity contribution in [3.8, 4) is 0 Å². The van der Waals surface area contributed by atoms with Gasteiger partial charge in [0, 0.05) is 18.4 Å². The Kier molecular flexibility index (Phi) is 5.07. The number of aliphatic carboxylic acids is 1. The normalized spacial score (nSPS) is 11.0. The van der Waals surface area contributed by atoms with Crippen LogP contribution in [-0.4, -0.2) is 20.6 Å². The van der Waals surface area contributed by atoms with Gasteiger partial charge >= 0.3 is 5.97 Å². The Morgan fingerprint density at radius 1 is 1.33 bits per heavy atom. The van der Waals surface area contributed by atoms with Gasteiger partial charge in [-0.2, -0.15) is 0 Å². The number of carboxylic acids is 1. The van der Waals surface area contributed by atoms with Crippen molar-refractivity contribution in [2.75, 3.05) is 0 Å². The molecule has 0 spiro atoms. The summed E-state index contributed by atoms with van der Waals surface area (Å²) in [6, 6.07) is 10.2. The van der Waals surface area contributed by atoms with Gasteiger partial charge in [-0.3, -0.25) is 4.79 Å². The van der Waals surface area contributed by atoms with Crippen LogP contribution < -0.4 is 0 Å². The van der Waals surface area contributed by atoms with Gasteiger partial charge in [-0.15, -0.1) is 0 Å². The van der Waals surface area contributed by atoms with E-state index in [2.05, 4.69) is 31.0 Å². The Morgan fingerprint density at radius 2 is 2.00 bits per heavy atom. The van der Waals surface area contributed by atoms with E-state index in [0.717, 1.165) is 21.4 Å². The molecule has 0 aliphatic heterocycles. The van der Waals surface area contributed by atoms with E-state index in [1.807, 2.05) is 29.8 Å². The predicted molar refractivity (Wildman–Crippen MR) is 83.8 cm³/mol. The highest BCUT2D eigenvalue weighted by Crippen LogP contribution is 2.34. The van der Waals surface area contributed by atoms with E-state index in [-0.39, 0.29) is 6.42 Å². The summed E-state index contributed by atoms with van der Waals surface area (Å²) in [6.07, 6.45) is 0.568. The van der Waals surface area contributed by atoms with E-state index >= 15 is 0 Å². The number of aromatic nitrogens is 2. The highest BCUT2D eigenvalue weighted by molar-refractivity contribution is 7.99. The molecule has 0 amide bonds. The van der Waals surface area contributed by atoms with Crippen LogP contribution >= 0.6 is 11.8 Å². The van der Waals surface area contributed by atoms with Crippen LogP contribution in [0.5, 0.6) is 0 Å². The minimum atomic E-state index is -0.790. The van der Waals surface area contributed by atoms with Gasteiger partial charge < -0.3 is 9.67 Å². The highest BCUT2D eigenvalue weighted by atomic mass is 32.2. The van der Waals surface area contributed by atoms with Crippen LogP contribution in [0.25, 0.3) is 0 Å². The minimum absolute atomic E-state index is 0.109. The van der Waals surface area contributed by atoms with Crippen LogP contribution in [0.1, 0.15) is 37.7 Å². The van der Waals surface area contributed by atoms with Crippen molar-refractivity contribution in [1.29, 1.82) is 0 Å². The maximum atomic E-state index is 10.8. The third kappa shape index (κ3) is 3.88. The summed E-state index contributed by atoms with van der Waals surface area (Å²) in [6.45, 7) is 4.22. The number of carbonyl (C=O) groups is 1. The number of benzene rings is 1. The second-order valence-corrected chi connectivity index (χ2v) is 6.30. The summed E-state index contributed by atoms with van der Waals surface area (Å²) in [4.78, 5) is 16.6. The van der Waals surface area contributed by atoms with Crippen molar-refractivity contribution in [2.24, 2.45) is 7.05 Å². The Labute approximate surface area is 129 Å². The number of hydrogen-bond donors (Lipinski definition) is 1. The lowest BCUT2D eigenvalue weighted by Gasteiger charge is -2.08.